The highest BCUT2D eigenvalue weighted by molar-refractivity contribution is 7.21. The Morgan fingerprint density at radius 2 is 2.09 bits per heavy atom. The number of fused-ring (bicyclic) bond motifs is 1. The highest BCUT2D eigenvalue weighted by atomic mass is 32.1. The van der Waals surface area contributed by atoms with Gasteiger partial charge in [-0.15, -0.1) is 16.4 Å². The van der Waals surface area contributed by atoms with Gasteiger partial charge in [-0.2, -0.15) is 4.68 Å². The van der Waals surface area contributed by atoms with Crippen LogP contribution in [0.5, 0.6) is 0 Å². The minimum Gasteiger partial charge on any atom is -0.467 e. The number of hydrogen-bond donors (Lipinski definition) is 0. The summed E-state index contributed by atoms with van der Waals surface area (Å²) in [5, 5.41) is 8.48. The molecule has 0 bridgehead atoms. The van der Waals surface area contributed by atoms with Gasteiger partial charge in [-0.05, 0) is 18.1 Å². The molecule has 3 aromatic rings. The molecule has 0 N–H and O–H groups in total. The van der Waals surface area contributed by atoms with Crippen LogP contribution >= 0.6 is 11.3 Å². The molecule has 2 heterocycles. The second-order valence-corrected chi connectivity index (χ2v) is 6.01. The predicted octanol–water partition coefficient (Wildman–Crippen LogP) is 2.64. The molecule has 0 radical (unpaired) electrons. The van der Waals surface area contributed by atoms with Crippen LogP contribution in [-0.2, 0) is 9.53 Å². The Bertz CT molecular complexity index is 902. The quantitative estimate of drug-likeness (QED) is 0.688. The molecule has 0 saturated carbocycles. The molecule has 0 unspecified atom stereocenters. The highest BCUT2D eigenvalue weighted by Crippen LogP contribution is 2.30. The Kier molecular flexibility index (Phi) is 4.20. The largest absolute Gasteiger partial charge is 0.467 e. The van der Waals surface area contributed by atoms with Crippen molar-refractivity contribution in [2.24, 2.45) is 0 Å². The van der Waals surface area contributed by atoms with Gasteiger partial charge >= 0.3 is 5.97 Å². The molecule has 1 aromatic carbocycles. The van der Waals surface area contributed by atoms with Crippen molar-refractivity contribution in [1.29, 1.82) is 0 Å². The summed E-state index contributed by atoms with van der Waals surface area (Å²) >= 11 is 1.40. The first-order valence-corrected chi connectivity index (χ1v) is 7.99. The van der Waals surface area contributed by atoms with Gasteiger partial charge in [-0.1, -0.05) is 42.5 Å². The molecule has 2 aromatic heterocycles. The van der Waals surface area contributed by atoms with E-state index in [4.69, 9.17) is 4.74 Å². The van der Waals surface area contributed by atoms with E-state index in [0.29, 0.717) is 16.6 Å². The average Bonchev–Trinajstić information content (AvgIpc) is 3.03. The molecule has 0 aliphatic carbocycles. The molecular formula is C16H15N3O3S. The molecule has 0 amide bonds. The van der Waals surface area contributed by atoms with Crippen LogP contribution in [0.3, 0.4) is 0 Å². The number of aromatic nitrogens is 3. The summed E-state index contributed by atoms with van der Waals surface area (Å²) in [6.45, 7) is 1.79. The van der Waals surface area contributed by atoms with Crippen molar-refractivity contribution in [2.75, 3.05) is 7.11 Å². The third-order valence-corrected chi connectivity index (χ3v) is 4.66. The van der Waals surface area contributed by atoms with E-state index in [-0.39, 0.29) is 5.56 Å². The van der Waals surface area contributed by atoms with Crippen LogP contribution in [-0.4, -0.2) is 28.1 Å². The Morgan fingerprint density at radius 1 is 1.35 bits per heavy atom. The molecule has 3 rings (SSSR count). The summed E-state index contributed by atoms with van der Waals surface area (Å²) in [5.74, 6) is -0.498. The summed E-state index contributed by atoms with van der Waals surface area (Å²) in [5.41, 5.74) is 0.687. The lowest BCUT2D eigenvalue weighted by molar-refractivity contribution is -0.145. The molecule has 118 valence electrons. The minimum absolute atomic E-state index is 0.328. The number of methoxy groups -OCH3 is 1. The van der Waals surface area contributed by atoms with Crippen molar-refractivity contribution in [3.63, 3.8) is 0 Å². The van der Waals surface area contributed by atoms with Crippen LogP contribution in [0.1, 0.15) is 19.4 Å². The maximum Gasteiger partial charge on any atom is 0.330 e. The van der Waals surface area contributed by atoms with E-state index >= 15 is 0 Å². The second kappa shape index (κ2) is 6.29. The summed E-state index contributed by atoms with van der Waals surface area (Å²) in [4.78, 5) is 26.0. The Labute approximate surface area is 136 Å². The predicted molar refractivity (Wildman–Crippen MR) is 88.5 cm³/mol. The summed E-state index contributed by atoms with van der Waals surface area (Å²) in [6.07, 6.45) is 0.405. The fourth-order valence-corrected chi connectivity index (χ4v) is 3.36. The fraction of sp³-hybridized carbons (Fsp3) is 0.250. The number of ether oxygens (including phenoxy) is 1. The maximum atomic E-state index is 12.7. The van der Waals surface area contributed by atoms with E-state index < -0.39 is 12.0 Å². The zero-order valence-corrected chi connectivity index (χ0v) is 13.5. The first-order chi connectivity index (χ1) is 11.2. The van der Waals surface area contributed by atoms with Crippen LogP contribution < -0.4 is 5.56 Å². The van der Waals surface area contributed by atoms with Crippen molar-refractivity contribution in [3.05, 3.63) is 46.8 Å². The fourth-order valence-electron chi connectivity index (χ4n) is 2.39. The van der Waals surface area contributed by atoms with E-state index in [1.54, 1.807) is 13.0 Å². The lowest BCUT2D eigenvalue weighted by Gasteiger charge is -2.12. The monoisotopic (exact) mass is 329 g/mol. The average molecular weight is 329 g/mol. The SMILES string of the molecule is CC[C@@H](C(=O)OC)n1nnc2sc(-c3ccccc3)cc2c1=O. The van der Waals surface area contributed by atoms with Gasteiger partial charge in [-0.3, -0.25) is 4.79 Å². The van der Waals surface area contributed by atoms with Crippen molar-refractivity contribution < 1.29 is 9.53 Å². The van der Waals surface area contributed by atoms with Crippen LogP contribution in [0.15, 0.2) is 41.2 Å². The Hall–Kier alpha value is -2.54. The first-order valence-electron chi connectivity index (χ1n) is 7.18. The first kappa shape index (κ1) is 15.4. The molecule has 6 nitrogen and oxygen atoms in total. The molecular weight excluding hydrogens is 314 g/mol. The zero-order chi connectivity index (χ0) is 16.4. The van der Waals surface area contributed by atoms with Gasteiger partial charge in [0.15, 0.2) is 10.9 Å². The molecule has 7 heteroatoms. The molecule has 1 atom stereocenters. The molecule has 0 spiro atoms. The summed E-state index contributed by atoms with van der Waals surface area (Å²) in [6, 6.07) is 10.8. The number of hydrogen-bond acceptors (Lipinski definition) is 6. The lowest BCUT2D eigenvalue weighted by atomic mass is 10.2. The normalized spacial score (nSPS) is 12.3. The highest BCUT2D eigenvalue weighted by Gasteiger charge is 2.23. The molecule has 0 aliphatic heterocycles. The van der Waals surface area contributed by atoms with E-state index in [2.05, 4.69) is 10.3 Å². The van der Waals surface area contributed by atoms with E-state index in [9.17, 15) is 9.59 Å². The third kappa shape index (κ3) is 2.75. The van der Waals surface area contributed by atoms with Crippen LogP contribution in [0.2, 0.25) is 0 Å². The van der Waals surface area contributed by atoms with E-state index in [1.165, 1.54) is 18.4 Å². The van der Waals surface area contributed by atoms with E-state index in [0.717, 1.165) is 15.1 Å². The smallest absolute Gasteiger partial charge is 0.330 e. The van der Waals surface area contributed by atoms with Crippen LogP contribution in [0, 0.1) is 0 Å². The second-order valence-electron chi connectivity index (χ2n) is 4.98. The topological polar surface area (TPSA) is 74.1 Å². The standard InChI is InChI=1S/C16H15N3O3S/c1-3-12(16(21)22-2)19-15(20)11-9-13(23-14(11)17-18-19)10-7-5-4-6-8-10/h4-9,12H,3H2,1-2H3/t12-/m0/s1. The van der Waals surface area contributed by atoms with Crippen molar-refractivity contribution in [2.45, 2.75) is 19.4 Å². The van der Waals surface area contributed by atoms with Gasteiger partial charge in [-0.25, -0.2) is 4.79 Å². The molecule has 0 fully saturated rings. The lowest BCUT2D eigenvalue weighted by Crippen LogP contribution is -2.32. The zero-order valence-electron chi connectivity index (χ0n) is 12.7. The van der Waals surface area contributed by atoms with Gasteiger partial charge in [0.25, 0.3) is 5.56 Å². The van der Waals surface area contributed by atoms with Crippen LogP contribution in [0.25, 0.3) is 20.7 Å². The molecule has 0 aliphatic rings. The van der Waals surface area contributed by atoms with Gasteiger partial charge < -0.3 is 4.74 Å². The van der Waals surface area contributed by atoms with Crippen molar-refractivity contribution in [3.8, 4) is 10.4 Å². The molecule has 23 heavy (non-hydrogen) atoms. The van der Waals surface area contributed by atoms with Gasteiger partial charge in [0.05, 0.1) is 12.5 Å². The number of esters is 1. The summed E-state index contributed by atoms with van der Waals surface area (Å²) in [7, 11) is 1.29. The Morgan fingerprint density at radius 3 is 2.74 bits per heavy atom. The third-order valence-electron chi connectivity index (χ3n) is 3.60. The number of rotatable bonds is 4. The number of carbonyl (C=O) groups excluding carboxylic acids is 1. The maximum absolute atomic E-state index is 12.7. The minimum atomic E-state index is -0.760. The van der Waals surface area contributed by atoms with Gasteiger partial charge in [0.2, 0.25) is 0 Å². The number of thiophene rings is 1. The molecule has 0 saturated heterocycles. The van der Waals surface area contributed by atoms with Crippen LogP contribution in [0.4, 0.5) is 0 Å². The Balaban J connectivity index is 2.13. The van der Waals surface area contributed by atoms with E-state index in [1.807, 2.05) is 30.3 Å². The number of benzene rings is 1. The van der Waals surface area contributed by atoms with Gasteiger partial charge in [0, 0.05) is 4.88 Å². The summed E-state index contributed by atoms with van der Waals surface area (Å²) < 4.78 is 5.84. The van der Waals surface area contributed by atoms with Crippen molar-refractivity contribution >= 4 is 27.5 Å². The number of nitrogens with zero attached hydrogens (tertiary/aromatic N) is 3. The van der Waals surface area contributed by atoms with Crippen molar-refractivity contribution in [1.82, 2.24) is 15.0 Å². The van der Waals surface area contributed by atoms with Gasteiger partial charge in [0.1, 0.15) is 0 Å². The number of carbonyl (C=O) groups is 1.